The van der Waals surface area contributed by atoms with Crippen molar-refractivity contribution in [2.75, 3.05) is 32.8 Å². The molecule has 184 valence electrons. The number of ketones is 1. The summed E-state index contributed by atoms with van der Waals surface area (Å²) in [5.74, 6) is 0.105. The van der Waals surface area contributed by atoms with Crippen LogP contribution in [-0.4, -0.2) is 65.4 Å². The highest BCUT2D eigenvalue weighted by Gasteiger charge is 2.33. The van der Waals surface area contributed by atoms with Crippen LogP contribution in [0.3, 0.4) is 0 Å². The average Bonchev–Trinajstić information content (AvgIpc) is 3.37. The lowest BCUT2D eigenvalue weighted by Gasteiger charge is -2.41. The summed E-state index contributed by atoms with van der Waals surface area (Å²) < 4.78 is 5.40. The molecular formula is C27H31ClN4O3. The Balaban J connectivity index is 1.44. The summed E-state index contributed by atoms with van der Waals surface area (Å²) in [4.78, 5) is 34.3. The maximum Gasteiger partial charge on any atom is 0.228 e. The first-order valence-electron chi connectivity index (χ1n) is 12.0. The van der Waals surface area contributed by atoms with E-state index in [9.17, 15) is 14.9 Å². The molecule has 2 saturated heterocycles. The topological polar surface area (TPSA) is 86.5 Å². The van der Waals surface area contributed by atoms with Crippen LogP contribution < -0.4 is 0 Å². The van der Waals surface area contributed by atoms with Gasteiger partial charge in [-0.2, -0.15) is 5.26 Å². The number of aryl methyl sites for hydroxylation is 1. The van der Waals surface area contributed by atoms with E-state index in [1.807, 2.05) is 24.0 Å². The monoisotopic (exact) mass is 494 g/mol. The van der Waals surface area contributed by atoms with Crippen LogP contribution in [0, 0.1) is 31.1 Å². The van der Waals surface area contributed by atoms with Crippen LogP contribution >= 0.6 is 11.6 Å². The Morgan fingerprint density at radius 1 is 1.23 bits per heavy atom. The van der Waals surface area contributed by atoms with Crippen LogP contribution in [0.15, 0.2) is 24.4 Å². The van der Waals surface area contributed by atoms with Crippen LogP contribution in [-0.2, 0) is 22.5 Å². The summed E-state index contributed by atoms with van der Waals surface area (Å²) in [7, 11) is 0. The lowest BCUT2D eigenvalue weighted by Crippen LogP contribution is -2.55. The lowest BCUT2D eigenvalue weighted by atomic mass is 9.95. The van der Waals surface area contributed by atoms with Gasteiger partial charge in [-0.15, -0.1) is 0 Å². The lowest BCUT2D eigenvalue weighted by molar-refractivity contribution is -0.140. The van der Waals surface area contributed by atoms with E-state index < -0.39 is 0 Å². The second-order valence-electron chi connectivity index (χ2n) is 9.59. The van der Waals surface area contributed by atoms with Crippen LogP contribution in [0.4, 0.5) is 0 Å². The average molecular weight is 495 g/mol. The number of halogens is 1. The molecule has 0 aliphatic carbocycles. The minimum Gasteiger partial charge on any atom is -0.381 e. The van der Waals surface area contributed by atoms with E-state index in [0.29, 0.717) is 48.1 Å². The van der Waals surface area contributed by atoms with Crippen molar-refractivity contribution in [1.82, 2.24) is 14.8 Å². The zero-order valence-electron chi connectivity index (χ0n) is 20.5. The molecule has 1 aromatic heterocycles. The van der Waals surface area contributed by atoms with E-state index >= 15 is 0 Å². The van der Waals surface area contributed by atoms with Crippen molar-refractivity contribution >= 4 is 23.3 Å². The second kappa shape index (κ2) is 10.9. The van der Waals surface area contributed by atoms with Gasteiger partial charge in [-0.3, -0.25) is 19.5 Å². The fraction of sp³-hybridized carbons (Fsp3) is 0.481. The Labute approximate surface area is 211 Å². The van der Waals surface area contributed by atoms with Gasteiger partial charge in [0.2, 0.25) is 5.91 Å². The molecule has 1 aromatic carbocycles. The number of nitriles is 1. The molecule has 2 aromatic rings. The predicted octanol–water partition coefficient (Wildman–Crippen LogP) is 3.72. The number of hydrogen-bond donors (Lipinski definition) is 0. The maximum absolute atomic E-state index is 13.0. The summed E-state index contributed by atoms with van der Waals surface area (Å²) in [5, 5.41) is 9.85. The number of hydrogen-bond acceptors (Lipinski definition) is 6. The van der Waals surface area contributed by atoms with Crippen molar-refractivity contribution < 1.29 is 14.3 Å². The highest BCUT2D eigenvalue weighted by molar-refractivity contribution is 6.30. The van der Waals surface area contributed by atoms with Gasteiger partial charge in [0, 0.05) is 62.0 Å². The van der Waals surface area contributed by atoms with Gasteiger partial charge < -0.3 is 9.64 Å². The molecule has 0 saturated carbocycles. The second-order valence-corrected chi connectivity index (χ2v) is 10.0. The number of aromatic nitrogens is 1. The van der Waals surface area contributed by atoms with Gasteiger partial charge in [0.05, 0.1) is 23.8 Å². The molecule has 2 atom stereocenters. The van der Waals surface area contributed by atoms with E-state index in [1.165, 1.54) is 6.20 Å². The van der Waals surface area contributed by atoms with Crippen LogP contribution in [0.2, 0.25) is 5.02 Å². The minimum absolute atomic E-state index is 0.00719. The zero-order chi connectivity index (χ0) is 25.1. The van der Waals surface area contributed by atoms with Crippen molar-refractivity contribution in [2.45, 2.75) is 46.2 Å². The summed E-state index contributed by atoms with van der Waals surface area (Å²) in [6.07, 6.45) is 2.53. The number of nitrogens with zero attached hydrogens (tertiary/aromatic N) is 4. The van der Waals surface area contributed by atoms with Crippen molar-refractivity contribution in [3.8, 4) is 6.07 Å². The molecule has 35 heavy (non-hydrogen) atoms. The fourth-order valence-corrected chi connectivity index (χ4v) is 5.19. The SMILES string of the molecule is Cc1ncc(C(=O)Cc2cc(Cl)cc(CN3CCN(C(=O)[C@@H]4CCOC4)[C@@H](C)C3)c2C)cc1C#N. The first-order chi connectivity index (χ1) is 16.8. The van der Waals surface area contributed by atoms with Gasteiger partial charge >= 0.3 is 0 Å². The van der Waals surface area contributed by atoms with E-state index in [2.05, 4.69) is 22.9 Å². The van der Waals surface area contributed by atoms with Gasteiger partial charge in [-0.25, -0.2) is 0 Å². The number of amides is 1. The highest BCUT2D eigenvalue weighted by atomic mass is 35.5. The van der Waals surface area contributed by atoms with E-state index in [0.717, 1.165) is 36.2 Å². The van der Waals surface area contributed by atoms with E-state index in [4.69, 9.17) is 16.3 Å². The predicted molar refractivity (Wildman–Crippen MR) is 133 cm³/mol. The number of carbonyl (C=O) groups is 2. The smallest absolute Gasteiger partial charge is 0.228 e. The summed E-state index contributed by atoms with van der Waals surface area (Å²) in [5.41, 5.74) is 4.44. The molecule has 0 spiro atoms. The van der Waals surface area contributed by atoms with Gasteiger partial charge in [0.25, 0.3) is 0 Å². The summed E-state index contributed by atoms with van der Waals surface area (Å²) in [6.45, 7) is 10.0. The van der Waals surface area contributed by atoms with Crippen molar-refractivity contribution in [1.29, 1.82) is 5.26 Å². The molecule has 0 unspecified atom stereocenters. The van der Waals surface area contributed by atoms with Crippen LogP contribution in [0.1, 0.15) is 51.7 Å². The Hall–Kier alpha value is -2.79. The first-order valence-corrected chi connectivity index (χ1v) is 12.4. The molecule has 1 amide bonds. The molecule has 8 heteroatoms. The van der Waals surface area contributed by atoms with E-state index in [-0.39, 0.29) is 30.1 Å². The Morgan fingerprint density at radius 2 is 2.00 bits per heavy atom. The third-order valence-corrected chi connectivity index (χ3v) is 7.35. The van der Waals surface area contributed by atoms with Crippen molar-refractivity contribution in [2.24, 2.45) is 5.92 Å². The van der Waals surface area contributed by atoms with Crippen LogP contribution in [0.25, 0.3) is 0 Å². The normalized spacial score (nSPS) is 20.6. The molecule has 4 rings (SSSR count). The number of ether oxygens (including phenoxy) is 1. The van der Waals surface area contributed by atoms with Crippen LogP contribution in [0.5, 0.6) is 0 Å². The molecule has 3 heterocycles. The molecule has 0 radical (unpaired) electrons. The van der Waals surface area contributed by atoms with Crippen molar-refractivity contribution in [3.63, 3.8) is 0 Å². The van der Waals surface area contributed by atoms with Crippen molar-refractivity contribution in [3.05, 3.63) is 62.9 Å². The van der Waals surface area contributed by atoms with E-state index in [1.54, 1.807) is 13.0 Å². The van der Waals surface area contributed by atoms with Gasteiger partial charge in [-0.05, 0) is 62.1 Å². The van der Waals surface area contributed by atoms with Gasteiger partial charge in [0.15, 0.2) is 5.78 Å². The molecule has 0 bridgehead atoms. The first kappa shape index (κ1) is 25.3. The quantitative estimate of drug-likeness (QED) is 0.569. The third-order valence-electron chi connectivity index (χ3n) is 7.14. The van der Waals surface area contributed by atoms with Gasteiger partial charge in [0.1, 0.15) is 6.07 Å². The molecule has 7 nitrogen and oxygen atoms in total. The number of benzene rings is 1. The number of rotatable bonds is 6. The number of Topliss-reactive ketones (excluding diaryl/α,β-unsaturated/α-hetero) is 1. The molecule has 0 N–H and O–H groups in total. The van der Waals surface area contributed by atoms with Gasteiger partial charge in [-0.1, -0.05) is 11.6 Å². The molecule has 2 aliphatic heterocycles. The molecular weight excluding hydrogens is 464 g/mol. The summed E-state index contributed by atoms with van der Waals surface area (Å²) >= 11 is 6.45. The maximum atomic E-state index is 13.0. The zero-order valence-corrected chi connectivity index (χ0v) is 21.3. The minimum atomic E-state index is -0.0954. The number of piperazine rings is 1. The highest BCUT2D eigenvalue weighted by Crippen LogP contribution is 2.26. The standard InChI is InChI=1S/C27H31ClN4O3/c1-17-14-31(5-6-32(17)27(34)20-4-7-35-16-20)15-24-10-25(28)9-21(18(24)2)11-26(33)23-8-22(12-29)19(3)30-13-23/h8-10,13,17,20H,4-7,11,14-16H2,1-3H3/t17-,20+/m0/s1. The molecule has 2 aliphatic rings. The molecule has 2 fully saturated rings. The third kappa shape index (κ3) is 5.72. The number of carbonyl (C=O) groups excluding carboxylic acids is 2. The Kier molecular flexibility index (Phi) is 7.85. The Morgan fingerprint density at radius 3 is 2.69 bits per heavy atom. The Bertz CT molecular complexity index is 1170. The number of pyridine rings is 1. The fourth-order valence-electron chi connectivity index (χ4n) is 4.93. The summed E-state index contributed by atoms with van der Waals surface area (Å²) in [6, 6.07) is 7.62. The largest absolute Gasteiger partial charge is 0.381 e.